The molecule has 1 amide bonds. The lowest BCUT2D eigenvalue weighted by atomic mass is 10.2. The van der Waals surface area contributed by atoms with Crippen molar-refractivity contribution in [2.45, 2.75) is 4.90 Å². The van der Waals surface area contributed by atoms with Crippen LogP contribution in [0.25, 0.3) is 0 Å². The predicted molar refractivity (Wildman–Crippen MR) is 96.3 cm³/mol. The number of halogens is 1. The van der Waals surface area contributed by atoms with Gasteiger partial charge in [-0.3, -0.25) is 9.35 Å². The fourth-order valence-corrected chi connectivity index (χ4v) is 2.50. The monoisotopic (exact) mass is 421 g/mol. The van der Waals surface area contributed by atoms with E-state index in [-0.39, 0.29) is 10.5 Å². The van der Waals surface area contributed by atoms with Crippen molar-refractivity contribution in [3.63, 3.8) is 0 Å². The fraction of sp³-hybridized carbons (Fsp3) is 0. The number of nitriles is 1. The van der Waals surface area contributed by atoms with Crippen LogP contribution in [0, 0.1) is 11.3 Å². The Morgan fingerprint density at radius 3 is 2.16 bits per heavy atom. The quantitative estimate of drug-likeness (QED) is 0.387. The Bertz CT molecular complexity index is 946. The van der Waals surface area contributed by atoms with Gasteiger partial charge in [0.25, 0.3) is 16.0 Å². The lowest BCUT2D eigenvalue weighted by Crippen LogP contribution is -2.14. The summed E-state index contributed by atoms with van der Waals surface area (Å²) in [5, 5.41) is 14.4. The molecule has 0 aromatic heterocycles. The second-order valence-electron chi connectivity index (χ2n) is 4.77. The van der Waals surface area contributed by atoms with E-state index in [1.54, 1.807) is 30.3 Å². The number of anilines is 2. The number of carbonyl (C=O) groups is 1. The number of hydrogen-bond donors (Lipinski definition) is 3. The van der Waals surface area contributed by atoms with Gasteiger partial charge in [-0.15, -0.1) is 0 Å². The van der Waals surface area contributed by atoms with Gasteiger partial charge in [-0.05, 0) is 48.5 Å². The Morgan fingerprint density at radius 2 is 1.64 bits per heavy atom. The van der Waals surface area contributed by atoms with Crippen LogP contribution < -0.4 is 10.6 Å². The summed E-state index contributed by atoms with van der Waals surface area (Å²) in [5.74, 6) is -0.591. The van der Waals surface area contributed by atoms with E-state index < -0.39 is 16.0 Å². The highest BCUT2D eigenvalue weighted by molar-refractivity contribution is 9.10. The third kappa shape index (κ3) is 5.42. The molecule has 0 saturated heterocycles. The largest absolute Gasteiger partial charge is 0.360 e. The first-order chi connectivity index (χ1) is 11.8. The minimum absolute atomic E-state index is 0.165. The lowest BCUT2D eigenvalue weighted by Gasteiger charge is -2.06. The van der Waals surface area contributed by atoms with Crippen molar-refractivity contribution < 1.29 is 17.8 Å². The van der Waals surface area contributed by atoms with E-state index in [4.69, 9.17) is 9.81 Å². The summed E-state index contributed by atoms with van der Waals surface area (Å²) in [6.07, 6.45) is 1.21. The summed E-state index contributed by atoms with van der Waals surface area (Å²) in [5.41, 5.74) is 0.810. The number of rotatable bonds is 5. The Kier molecular flexibility index (Phi) is 5.93. The highest BCUT2D eigenvalue weighted by Gasteiger charge is 2.10. The highest BCUT2D eigenvalue weighted by atomic mass is 79.9. The van der Waals surface area contributed by atoms with Crippen LogP contribution in [0.1, 0.15) is 0 Å². The van der Waals surface area contributed by atoms with Gasteiger partial charge in [0.1, 0.15) is 11.6 Å². The molecule has 2 rings (SSSR count). The van der Waals surface area contributed by atoms with Crippen LogP contribution in [0.15, 0.2) is 69.7 Å². The predicted octanol–water partition coefficient (Wildman–Crippen LogP) is 3.15. The summed E-state index contributed by atoms with van der Waals surface area (Å²) in [6, 6.07) is 13.8. The van der Waals surface area contributed by atoms with Crippen LogP contribution in [0.4, 0.5) is 11.4 Å². The first kappa shape index (κ1) is 18.7. The van der Waals surface area contributed by atoms with Crippen LogP contribution in [0.5, 0.6) is 0 Å². The molecule has 0 fully saturated rings. The molecule has 0 bridgehead atoms. The molecular formula is C16H12BrN3O4S. The van der Waals surface area contributed by atoms with Crippen LogP contribution in [0.2, 0.25) is 0 Å². The first-order valence-corrected chi connectivity index (χ1v) is 9.04. The molecule has 0 aliphatic heterocycles. The van der Waals surface area contributed by atoms with Crippen molar-refractivity contribution in [2.24, 2.45) is 0 Å². The smallest absolute Gasteiger partial charge is 0.294 e. The summed E-state index contributed by atoms with van der Waals surface area (Å²) in [4.78, 5) is 11.8. The summed E-state index contributed by atoms with van der Waals surface area (Å²) in [6.45, 7) is 0. The molecule has 0 atom stereocenters. The van der Waals surface area contributed by atoms with E-state index in [0.29, 0.717) is 11.4 Å². The Hall–Kier alpha value is -2.67. The van der Waals surface area contributed by atoms with Gasteiger partial charge in [-0.1, -0.05) is 15.9 Å². The van der Waals surface area contributed by atoms with E-state index in [2.05, 4.69) is 26.6 Å². The number of nitrogens with zero attached hydrogens (tertiary/aromatic N) is 1. The normalized spacial score (nSPS) is 11.5. The third-order valence-corrected chi connectivity index (χ3v) is 4.40. The van der Waals surface area contributed by atoms with Crippen molar-refractivity contribution >= 4 is 43.3 Å². The zero-order valence-corrected chi connectivity index (χ0v) is 15.0. The molecule has 25 heavy (non-hydrogen) atoms. The van der Waals surface area contributed by atoms with Gasteiger partial charge in [-0.2, -0.15) is 13.7 Å². The number of hydrogen-bond acceptors (Lipinski definition) is 5. The Morgan fingerprint density at radius 1 is 1.08 bits per heavy atom. The topological polar surface area (TPSA) is 119 Å². The molecule has 0 saturated carbocycles. The average molecular weight is 422 g/mol. The van der Waals surface area contributed by atoms with Crippen molar-refractivity contribution in [3.8, 4) is 6.07 Å². The Balaban J connectivity index is 2.08. The third-order valence-electron chi connectivity index (χ3n) is 3.00. The van der Waals surface area contributed by atoms with E-state index in [0.717, 1.165) is 4.47 Å². The molecule has 0 spiro atoms. The van der Waals surface area contributed by atoms with Crippen LogP contribution in [0.3, 0.4) is 0 Å². The van der Waals surface area contributed by atoms with E-state index in [1.165, 1.54) is 30.5 Å². The number of benzene rings is 2. The van der Waals surface area contributed by atoms with Gasteiger partial charge < -0.3 is 10.6 Å². The molecule has 0 heterocycles. The van der Waals surface area contributed by atoms with Gasteiger partial charge in [0, 0.05) is 22.0 Å². The molecule has 3 N–H and O–H groups in total. The lowest BCUT2D eigenvalue weighted by molar-refractivity contribution is -0.112. The zero-order chi connectivity index (χ0) is 18.4. The van der Waals surface area contributed by atoms with Gasteiger partial charge in [-0.25, -0.2) is 0 Å². The molecule has 0 aliphatic rings. The number of amides is 1. The standard InChI is InChI=1S/C16H12BrN3O4S/c17-12-1-3-14(4-2-12)20-16(21)11(9-18)10-19-13-5-7-15(8-6-13)25(22,23)24/h1-8,10,19H,(H,20,21)(H,22,23,24)/b11-10-. The van der Waals surface area contributed by atoms with Gasteiger partial charge in [0.05, 0.1) is 4.90 Å². The molecule has 0 unspecified atom stereocenters. The second kappa shape index (κ2) is 7.94. The molecule has 7 nitrogen and oxygen atoms in total. The van der Waals surface area contributed by atoms with Crippen molar-refractivity contribution in [1.29, 1.82) is 5.26 Å². The SMILES string of the molecule is N#C/C(=C/Nc1ccc(S(=O)(=O)O)cc1)C(=O)Nc1ccc(Br)cc1. The van der Waals surface area contributed by atoms with Crippen molar-refractivity contribution in [3.05, 3.63) is 64.8 Å². The van der Waals surface area contributed by atoms with Crippen LogP contribution >= 0.6 is 15.9 Å². The zero-order valence-electron chi connectivity index (χ0n) is 12.6. The molecule has 2 aromatic carbocycles. The van der Waals surface area contributed by atoms with E-state index in [9.17, 15) is 13.2 Å². The molecule has 128 valence electrons. The van der Waals surface area contributed by atoms with E-state index >= 15 is 0 Å². The second-order valence-corrected chi connectivity index (χ2v) is 7.11. The molecule has 0 aliphatic carbocycles. The van der Waals surface area contributed by atoms with Crippen molar-refractivity contribution in [1.82, 2.24) is 0 Å². The maximum absolute atomic E-state index is 12.1. The Labute approximate surface area is 152 Å². The average Bonchev–Trinajstić information content (AvgIpc) is 2.57. The summed E-state index contributed by atoms with van der Waals surface area (Å²) in [7, 11) is -4.27. The number of nitrogens with one attached hydrogen (secondary N) is 2. The van der Waals surface area contributed by atoms with Gasteiger partial charge in [0.2, 0.25) is 0 Å². The van der Waals surface area contributed by atoms with Crippen molar-refractivity contribution in [2.75, 3.05) is 10.6 Å². The molecule has 9 heteroatoms. The molecular weight excluding hydrogens is 410 g/mol. The van der Waals surface area contributed by atoms with E-state index in [1.807, 2.05) is 0 Å². The minimum Gasteiger partial charge on any atom is -0.360 e. The number of carbonyl (C=O) groups excluding carboxylic acids is 1. The summed E-state index contributed by atoms with van der Waals surface area (Å²) < 4.78 is 31.7. The van der Waals surface area contributed by atoms with Gasteiger partial charge in [0.15, 0.2) is 0 Å². The maximum Gasteiger partial charge on any atom is 0.294 e. The first-order valence-electron chi connectivity index (χ1n) is 6.81. The molecule has 2 aromatic rings. The fourth-order valence-electron chi connectivity index (χ4n) is 1.76. The maximum atomic E-state index is 12.1. The molecule has 0 radical (unpaired) electrons. The van der Waals surface area contributed by atoms with Crippen LogP contribution in [-0.2, 0) is 14.9 Å². The van der Waals surface area contributed by atoms with Crippen LogP contribution in [-0.4, -0.2) is 18.9 Å². The highest BCUT2D eigenvalue weighted by Crippen LogP contribution is 2.16. The summed E-state index contributed by atoms with van der Waals surface area (Å²) >= 11 is 3.28. The minimum atomic E-state index is -4.27. The van der Waals surface area contributed by atoms with Gasteiger partial charge >= 0.3 is 0 Å².